The van der Waals surface area contributed by atoms with E-state index in [1.54, 1.807) is 0 Å². The third kappa shape index (κ3) is 3.87. The van der Waals surface area contributed by atoms with Gasteiger partial charge in [0.05, 0.1) is 16.6 Å². The maximum Gasteiger partial charge on any atom is 0.279 e. The fourth-order valence-electron chi connectivity index (χ4n) is 3.08. The van der Waals surface area contributed by atoms with Gasteiger partial charge >= 0.3 is 0 Å². The van der Waals surface area contributed by atoms with Gasteiger partial charge in [-0.25, -0.2) is 4.98 Å². The highest BCUT2D eigenvalue weighted by Crippen LogP contribution is 2.34. The number of rotatable bonds is 2. The Morgan fingerprint density at radius 3 is 2.46 bits per heavy atom. The summed E-state index contributed by atoms with van der Waals surface area (Å²) >= 11 is 3.53. The van der Waals surface area contributed by atoms with E-state index < -0.39 is 0 Å². The van der Waals surface area contributed by atoms with Crippen LogP contribution in [0.5, 0.6) is 0 Å². The molecule has 1 heterocycles. The van der Waals surface area contributed by atoms with Crippen molar-refractivity contribution in [3.8, 4) is 11.4 Å². The Hall–Kier alpha value is -2.47. The van der Waals surface area contributed by atoms with E-state index >= 15 is 0 Å². The van der Waals surface area contributed by atoms with Crippen LogP contribution in [0, 0.1) is 0 Å². The predicted molar refractivity (Wildman–Crippen MR) is 119 cm³/mol. The zero-order valence-corrected chi connectivity index (χ0v) is 18.7. The second-order valence-electron chi connectivity index (χ2n) is 7.98. The summed E-state index contributed by atoms with van der Waals surface area (Å²) in [5.74, 6) is 1.16. The lowest BCUT2D eigenvalue weighted by Gasteiger charge is -2.25. The molecule has 0 saturated carbocycles. The summed E-state index contributed by atoms with van der Waals surface area (Å²) in [5, 5.41) is 0. The molecule has 6 heteroatoms. The van der Waals surface area contributed by atoms with Crippen LogP contribution in [0.25, 0.3) is 22.4 Å². The smallest absolute Gasteiger partial charge is 0.279 e. The Morgan fingerprint density at radius 2 is 1.82 bits per heavy atom. The lowest BCUT2D eigenvalue weighted by molar-refractivity contribution is 0.100. The van der Waals surface area contributed by atoms with Crippen LogP contribution in [-0.2, 0) is 5.54 Å². The molecule has 0 aliphatic rings. The normalized spacial score (nSPS) is 12.5. The maximum absolute atomic E-state index is 12.9. The quantitative estimate of drug-likeness (QED) is 0.399. The number of amides is 1. The number of benzene rings is 2. The molecule has 0 fully saturated rings. The number of hydrogen-bond donors (Lipinski definition) is 0. The van der Waals surface area contributed by atoms with Gasteiger partial charge in [-0.15, -0.1) is 0 Å². The van der Waals surface area contributed by atoms with Crippen molar-refractivity contribution in [3.05, 3.63) is 52.5 Å². The largest absolute Gasteiger partial charge is 0.366 e. The average molecular weight is 441 g/mol. The average Bonchev–Trinajstić information content (AvgIpc) is 3.00. The van der Waals surface area contributed by atoms with Crippen molar-refractivity contribution < 1.29 is 4.79 Å². The van der Waals surface area contributed by atoms with Crippen molar-refractivity contribution >= 4 is 38.7 Å². The molecule has 1 aromatic heterocycles. The monoisotopic (exact) mass is 440 g/mol. The molecule has 0 unspecified atom stereocenters. The molecule has 2 aromatic carbocycles. The van der Waals surface area contributed by atoms with Gasteiger partial charge in [-0.2, -0.15) is 4.99 Å². The maximum atomic E-state index is 12.9. The lowest BCUT2D eigenvalue weighted by atomic mass is 10.0. The molecule has 0 spiro atoms. The van der Waals surface area contributed by atoms with E-state index in [1.807, 2.05) is 62.3 Å². The number of carbonyl (C=O) groups is 1. The number of amidine groups is 1. The van der Waals surface area contributed by atoms with Gasteiger partial charge < -0.3 is 9.47 Å². The van der Waals surface area contributed by atoms with Crippen LogP contribution in [0.2, 0.25) is 0 Å². The molecule has 0 atom stereocenters. The van der Waals surface area contributed by atoms with Crippen LogP contribution in [0.3, 0.4) is 0 Å². The summed E-state index contributed by atoms with van der Waals surface area (Å²) in [6, 6.07) is 13.6. The summed E-state index contributed by atoms with van der Waals surface area (Å²) in [4.78, 5) is 23.9. The topological polar surface area (TPSA) is 50.5 Å². The van der Waals surface area contributed by atoms with Crippen LogP contribution >= 0.6 is 15.9 Å². The molecule has 0 aliphatic carbocycles. The molecule has 0 N–H and O–H groups in total. The van der Waals surface area contributed by atoms with Gasteiger partial charge in [-0.3, -0.25) is 4.79 Å². The summed E-state index contributed by atoms with van der Waals surface area (Å²) in [6.07, 6.45) is 0. The zero-order valence-electron chi connectivity index (χ0n) is 17.1. The number of aliphatic imine (C=N–C) groups is 1. The van der Waals surface area contributed by atoms with E-state index in [1.165, 1.54) is 0 Å². The number of fused-ring (bicyclic) bond motifs is 1. The molecule has 3 rings (SSSR count). The van der Waals surface area contributed by atoms with Gasteiger partial charge in [0.2, 0.25) is 0 Å². The van der Waals surface area contributed by atoms with Crippen molar-refractivity contribution in [1.82, 2.24) is 14.5 Å². The summed E-state index contributed by atoms with van der Waals surface area (Å²) in [5.41, 5.74) is 3.03. The number of nitrogens with zero attached hydrogens (tertiary/aromatic N) is 4. The molecule has 3 aromatic rings. The van der Waals surface area contributed by atoms with Gasteiger partial charge in [-0.1, -0.05) is 34.1 Å². The summed E-state index contributed by atoms with van der Waals surface area (Å²) in [7, 11) is 3.74. The number of imidazole rings is 1. The van der Waals surface area contributed by atoms with Gasteiger partial charge in [0, 0.05) is 29.7 Å². The van der Waals surface area contributed by atoms with Crippen molar-refractivity contribution in [1.29, 1.82) is 0 Å². The van der Waals surface area contributed by atoms with Crippen molar-refractivity contribution in [3.63, 3.8) is 0 Å². The van der Waals surface area contributed by atoms with Gasteiger partial charge in [-0.05, 0) is 52.0 Å². The Kier molecular flexibility index (Phi) is 5.44. The standard InChI is InChI=1S/C22H25BrN4O/c1-14(26(5)6)24-21(28)17-10-8-7-9-16(17)20-25-18-13-15(23)11-12-19(18)27(20)22(2,3)4/h7-13H,1-6H3. The highest BCUT2D eigenvalue weighted by atomic mass is 79.9. The molecule has 0 radical (unpaired) electrons. The van der Waals surface area contributed by atoms with E-state index in [0.29, 0.717) is 11.4 Å². The lowest BCUT2D eigenvalue weighted by Crippen LogP contribution is -2.23. The third-order valence-corrected chi connectivity index (χ3v) is 5.09. The summed E-state index contributed by atoms with van der Waals surface area (Å²) in [6.45, 7) is 8.23. The van der Waals surface area contributed by atoms with Crippen LogP contribution < -0.4 is 0 Å². The fraction of sp³-hybridized carbons (Fsp3) is 0.318. The highest BCUT2D eigenvalue weighted by Gasteiger charge is 2.25. The zero-order chi connectivity index (χ0) is 20.6. The molecule has 0 bridgehead atoms. The highest BCUT2D eigenvalue weighted by molar-refractivity contribution is 9.10. The van der Waals surface area contributed by atoms with Gasteiger partial charge in [0.1, 0.15) is 11.7 Å². The Bertz CT molecular complexity index is 1070. The first-order valence-corrected chi connectivity index (χ1v) is 9.93. The Labute approximate surface area is 174 Å². The Morgan fingerprint density at radius 1 is 1.14 bits per heavy atom. The predicted octanol–water partition coefficient (Wildman–Crippen LogP) is 5.34. The molecule has 146 valence electrons. The minimum absolute atomic E-state index is 0.211. The van der Waals surface area contributed by atoms with Gasteiger partial charge in [0.15, 0.2) is 0 Å². The molecule has 5 nitrogen and oxygen atoms in total. The van der Waals surface area contributed by atoms with E-state index in [0.717, 1.165) is 26.9 Å². The number of hydrogen-bond acceptors (Lipinski definition) is 2. The van der Waals surface area contributed by atoms with Crippen molar-refractivity contribution in [2.45, 2.75) is 33.2 Å². The minimum atomic E-state index is -0.268. The number of aromatic nitrogens is 2. The fourth-order valence-corrected chi connectivity index (χ4v) is 3.43. The molecule has 28 heavy (non-hydrogen) atoms. The Balaban J connectivity index is 2.27. The van der Waals surface area contributed by atoms with Gasteiger partial charge in [0.25, 0.3) is 5.91 Å². The first kappa shape index (κ1) is 20.3. The minimum Gasteiger partial charge on any atom is -0.366 e. The second kappa shape index (κ2) is 7.51. The second-order valence-corrected chi connectivity index (χ2v) is 8.89. The molecule has 0 aliphatic heterocycles. The van der Waals surface area contributed by atoms with Crippen LogP contribution in [0.15, 0.2) is 51.9 Å². The molecular formula is C22H25BrN4O. The first-order chi connectivity index (χ1) is 13.1. The van der Waals surface area contributed by atoms with E-state index in [4.69, 9.17) is 4.98 Å². The van der Waals surface area contributed by atoms with Crippen molar-refractivity contribution in [2.24, 2.45) is 4.99 Å². The van der Waals surface area contributed by atoms with Crippen molar-refractivity contribution in [2.75, 3.05) is 14.1 Å². The third-order valence-electron chi connectivity index (χ3n) is 4.60. The number of halogens is 1. The van der Waals surface area contributed by atoms with E-state index in [2.05, 4.69) is 52.3 Å². The molecule has 0 saturated heterocycles. The summed E-state index contributed by atoms with van der Waals surface area (Å²) < 4.78 is 3.16. The first-order valence-electron chi connectivity index (χ1n) is 9.14. The molecule has 1 amide bonds. The molecular weight excluding hydrogens is 416 g/mol. The van der Waals surface area contributed by atoms with E-state index in [9.17, 15) is 4.79 Å². The van der Waals surface area contributed by atoms with E-state index in [-0.39, 0.29) is 11.4 Å². The number of carbonyl (C=O) groups excluding carboxylic acids is 1. The van der Waals surface area contributed by atoms with Crippen LogP contribution in [0.4, 0.5) is 0 Å². The van der Waals surface area contributed by atoms with Crippen LogP contribution in [0.1, 0.15) is 38.1 Å². The SMILES string of the molecule is CC(=NC(=O)c1ccccc1-c1nc2cc(Br)ccc2n1C(C)(C)C)N(C)C. The van der Waals surface area contributed by atoms with Crippen LogP contribution in [-0.4, -0.2) is 40.3 Å².